The van der Waals surface area contributed by atoms with Gasteiger partial charge in [-0.25, -0.2) is 4.85 Å². The Hall–Kier alpha value is -2.60. The molecule has 0 spiro atoms. The smallest absolute Gasteiger partial charge is 0.223 e. The fraction of sp³-hybridized carbons (Fsp3) is 0.462. The highest BCUT2D eigenvalue weighted by atomic mass is 16.1. The number of hydrogen-bond donors (Lipinski definition) is 1. The van der Waals surface area contributed by atoms with E-state index in [9.17, 15) is 4.79 Å². The molecule has 0 aliphatic heterocycles. The van der Waals surface area contributed by atoms with Crippen LogP contribution in [-0.2, 0) is 11.3 Å². The van der Waals surface area contributed by atoms with Gasteiger partial charge in [0.15, 0.2) is 5.69 Å². The van der Waals surface area contributed by atoms with Gasteiger partial charge in [-0.2, -0.15) is 0 Å². The van der Waals surface area contributed by atoms with Crippen LogP contribution in [0.1, 0.15) is 57.6 Å². The largest absolute Gasteiger partial charge is 0.352 e. The van der Waals surface area contributed by atoms with Crippen molar-refractivity contribution in [3.63, 3.8) is 0 Å². The van der Waals surface area contributed by atoms with Crippen LogP contribution < -0.4 is 5.32 Å². The van der Waals surface area contributed by atoms with E-state index in [1.807, 2.05) is 24.3 Å². The van der Waals surface area contributed by atoms with E-state index in [2.05, 4.69) is 56.1 Å². The van der Waals surface area contributed by atoms with Crippen LogP contribution in [0.25, 0.3) is 16.0 Å². The predicted octanol–water partition coefficient (Wildman–Crippen LogP) is 6.68. The first-order valence-corrected chi connectivity index (χ1v) is 10.6. The van der Waals surface area contributed by atoms with E-state index in [0.717, 1.165) is 53.9 Å². The minimum absolute atomic E-state index is 0.147. The summed E-state index contributed by atoms with van der Waals surface area (Å²) < 4.78 is 0. The lowest BCUT2D eigenvalue weighted by Gasteiger charge is -2.36. The second-order valence-electron chi connectivity index (χ2n) is 9.50. The summed E-state index contributed by atoms with van der Waals surface area (Å²) in [4.78, 5) is 16.2. The molecule has 0 bridgehead atoms. The molecule has 2 aromatic carbocycles. The van der Waals surface area contributed by atoms with Crippen molar-refractivity contribution < 1.29 is 4.79 Å². The standard InChI is InChI=1S/C26H32N2O/c1-18-13-19(15-22(14-18)21-7-6-8-24(16-21)27-5)17-28-25(29)20-9-11-23(12-10-20)26(2,3)4/h6-8,13-16,20,23H,9-12,17H2,1-4H3,(H,28,29). The van der Waals surface area contributed by atoms with Crippen LogP contribution in [0.3, 0.4) is 0 Å². The van der Waals surface area contributed by atoms with Crippen LogP contribution in [0.5, 0.6) is 0 Å². The van der Waals surface area contributed by atoms with Crippen LogP contribution in [0.2, 0.25) is 0 Å². The third kappa shape index (κ3) is 5.48. The van der Waals surface area contributed by atoms with E-state index >= 15 is 0 Å². The summed E-state index contributed by atoms with van der Waals surface area (Å²) >= 11 is 0. The first kappa shape index (κ1) is 21.1. The normalized spacial score (nSPS) is 19.4. The lowest BCUT2D eigenvalue weighted by molar-refractivity contribution is -0.126. The number of benzene rings is 2. The molecule has 0 aromatic heterocycles. The molecule has 2 aromatic rings. The Kier molecular flexibility index (Phi) is 6.42. The van der Waals surface area contributed by atoms with E-state index < -0.39 is 0 Å². The number of rotatable bonds is 4. The van der Waals surface area contributed by atoms with Crippen LogP contribution in [0, 0.1) is 30.7 Å². The number of carbonyl (C=O) groups excluding carboxylic acids is 1. The molecule has 0 heterocycles. The summed E-state index contributed by atoms with van der Waals surface area (Å²) in [6.45, 7) is 16.8. The van der Waals surface area contributed by atoms with Gasteiger partial charge in [0.2, 0.25) is 5.91 Å². The van der Waals surface area contributed by atoms with Gasteiger partial charge in [0, 0.05) is 12.5 Å². The first-order chi connectivity index (χ1) is 13.8. The van der Waals surface area contributed by atoms with Gasteiger partial charge >= 0.3 is 0 Å². The van der Waals surface area contributed by atoms with Crippen molar-refractivity contribution in [2.45, 2.75) is 59.9 Å². The SMILES string of the molecule is [C-]#[N+]c1cccc(-c2cc(C)cc(CNC(=O)C3CCC(C(C)(C)C)CC3)c2)c1. The summed E-state index contributed by atoms with van der Waals surface area (Å²) in [6, 6.07) is 14.0. The Labute approximate surface area is 175 Å². The van der Waals surface area contributed by atoms with Gasteiger partial charge in [-0.1, -0.05) is 56.7 Å². The van der Waals surface area contributed by atoms with E-state index in [-0.39, 0.29) is 11.8 Å². The van der Waals surface area contributed by atoms with Gasteiger partial charge in [-0.15, -0.1) is 0 Å². The third-order valence-corrected chi connectivity index (χ3v) is 6.24. The molecule has 3 rings (SSSR count). The zero-order valence-corrected chi connectivity index (χ0v) is 18.1. The molecule has 0 unspecified atom stereocenters. The molecule has 1 fully saturated rings. The van der Waals surface area contributed by atoms with Crippen LogP contribution in [-0.4, -0.2) is 5.91 Å². The van der Waals surface area contributed by atoms with Crippen molar-refractivity contribution in [2.75, 3.05) is 0 Å². The lowest BCUT2D eigenvalue weighted by Crippen LogP contribution is -2.35. The van der Waals surface area contributed by atoms with Crippen molar-refractivity contribution in [2.24, 2.45) is 17.3 Å². The minimum atomic E-state index is 0.147. The van der Waals surface area contributed by atoms with Crippen molar-refractivity contribution in [1.29, 1.82) is 0 Å². The molecule has 1 saturated carbocycles. The molecule has 3 heteroatoms. The number of nitrogens with one attached hydrogen (secondary N) is 1. The molecular weight excluding hydrogens is 356 g/mol. The van der Waals surface area contributed by atoms with E-state index in [4.69, 9.17) is 6.57 Å². The maximum Gasteiger partial charge on any atom is 0.223 e. The maximum atomic E-state index is 12.7. The average Bonchev–Trinajstić information content (AvgIpc) is 2.71. The average molecular weight is 389 g/mol. The second kappa shape index (κ2) is 8.82. The topological polar surface area (TPSA) is 33.5 Å². The molecule has 1 amide bonds. The van der Waals surface area contributed by atoms with Crippen molar-refractivity contribution in [3.05, 3.63) is 65.0 Å². The number of nitrogens with zero attached hydrogens (tertiary/aromatic N) is 1. The summed E-state index contributed by atoms with van der Waals surface area (Å²) in [5.74, 6) is 1.06. The van der Waals surface area contributed by atoms with Gasteiger partial charge in [0.1, 0.15) is 0 Å². The van der Waals surface area contributed by atoms with Gasteiger partial charge < -0.3 is 5.32 Å². The molecular formula is C26H32N2O. The molecule has 1 aliphatic carbocycles. The summed E-state index contributed by atoms with van der Waals surface area (Å²) in [5, 5.41) is 3.16. The van der Waals surface area contributed by atoms with Crippen LogP contribution >= 0.6 is 0 Å². The first-order valence-electron chi connectivity index (χ1n) is 10.6. The van der Waals surface area contributed by atoms with E-state index in [1.165, 1.54) is 0 Å². The Balaban J connectivity index is 1.63. The summed E-state index contributed by atoms with van der Waals surface area (Å²) in [6.07, 6.45) is 4.29. The Morgan fingerprint density at radius 3 is 2.45 bits per heavy atom. The van der Waals surface area contributed by atoms with Crippen molar-refractivity contribution >= 4 is 11.6 Å². The Morgan fingerprint density at radius 1 is 1.07 bits per heavy atom. The third-order valence-electron chi connectivity index (χ3n) is 6.24. The predicted molar refractivity (Wildman–Crippen MR) is 120 cm³/mol. The molecule has 3 nitrogen and oxygen atoms in total. The number of hydrogen-bond acceptors (Lipinski definition) is 1. The number of carbonyl (C=O) groups is 1. The van der Waals surface area contributed by atoms with E-state index in [1.54, 1.807) is 0 Å². The van der Waals surface area contributed by atoms with Crippen molar-refractivity contribution in [3.8, 4) is 11.1 Å². The highest BCUT2D eigenvalue weighted by molar-refractivity contribution is 5.78. The fourth-order valence-electron chi connectivity index (χ4n) is 4.44. The summed E-state index contributed by atoms with van der Waals surface area (Å²) in [7, 11) is 0. The van der Waals surface area contributed by atoms with Crippen LogP contribution in [0.15, 0.2) is 42.5 Å². The molecule has 152 valence electrons. The zero-order chi connectivity index (χ0) is 21.0. The van der Waals surface area contributed by atoms with Gasteiger partial charge in [0.05, 0.1) is 6.57 Å². The zero-order valence-electron chi connectivity index (χ0n) is 18.1. The van der Waals surface area contributed by atoms with Crippen molar-refractivity contribution in [1.82, 2.24) is 5.32 Å². The Morgan fingerprint density at radius 2 is 1.79 bits per heavy atom. The molecule has 1 N–H and O–H groups in total. The molecule has 1 aliphatic rings. The quantitative estimate of drug-likeness (QED) is 0.582. The van der Waals surface area contributed by atoms with E-state index in [0.29, 0.717) is 17.6 Å². The molecule has 0 saturated heterocycles. The fourth-order valence-corrected chi connectivity index (χ4v) is 4.44. The van der Waals surface area contributed by atoms with Gasteiger partial charge in [-0.3, -0.25) is 4.79 Å². The summed E-state index contributed by atoms with van der Waals surface area (Å²) in [5.41, 5.74) is 5.37. The molecule has 29 heavy (non-hydrogen) atoms. The van der Waals surface area contributed by atoms with Gasteiger partial charge in [-0.05, 0) is 72.8 Å². The highest BCUT2D eigenvalue weighted by Crippen LogP contribution is 2.39. The monoisotopic (exact) mass is 388 g/mol. The van der Waals surface area contributed by atoms with Gasteiger partial charge in [0.25, 0.3) is 0 Å². The molecule has 0 atom stereocenters. The van der Waals surface area contributed by atoms with Crippen LogP contribution in [0.4, 0.5) is 5.69 Å². The Bertz CT molecular complexity index is 909. The number of amides is 1. The maximum absolute atomic E-state index is 12.7. The minimum Gasteiger partial charge on any atom is -0.352 e. The highest BCUT2D eigenvalue weighted by Gasteiger charge is 2.32. The second-order valence-corrected chi connectivity index (χ2v) is 9.50. The molecule has 0 radical (unpaired) electrons. The number of aryl methyl sites for hydroxylation is 1. The lowest BCUT2D eigenvalue weighted by atomic mass is 9.69.